The number of carbonyl (C=O) groups is 2. The first-order valence-corrected chi connectivity index (χ1v) is 8.58. The molecule has 0 atom stereocenters. The average molecular weight is 400 g/mol. The van der Waals surface area contributed by atoms with E-state index in [1.54, 1.807) is 46.9 Å². The van der Waals surface area contributed by atoms with Gasteiger partial charge in [-0.1, -0.05) is 0 Å². The van der Waals surface area contributed by atoms with E-state index in [2.05, 4.69) is 0 Å². The van der Waals surface area contributed by atoms with E-state index >= 15 is 0 Å². The van der Waals surface area contributed by atoms with Crippen LogP contribution < -0.4 is 0 Å². The smallest absolute Gasteiger partial charge is 0.196 e. The first-order chi connectivity index (χ1) is 13.8. The van der Waals surface area contributed by atoms with Gasteiger partial charge in [-0.2, -0.15) is 41.0 Å². The highest BCUT2D eigenvalue weighted by molar-refractivity contribution is 5.92. The number of fused-ring (bicyclic) bond motifs is 2. The molecule has 146 valence electrons. The Morgan fingerprint density at radius 1 is 0.793 bits per heavy atom. The molecule has 2 aromatic heterocycles. The van der Waals surface area contributed by atoms with Crippen molar-refractivity contribution in [3.05, 3.63) is 77.9 Å². The molecule has 2 aliphatic heterocycles. The van der Waals surface area contributed by atoms with E-state index < -0.39 is 11.7 Å². The highest BCUT2D eigenvalue weighted by Gasteiger charge is 2.33. The van der Waals surface area contributed by atoms with Gasteiger partial charge in [0.25, 0.3) is 0 Å². The predicted octanol–water partition coefficient (Wildman–Crippen LogP) is 3.78. The van der Waals surface area contributed by atoms with E-state index in [9.17, 15) is 22.8 Å². The number of benzene rings is 1. The SMILES string of the molecule is C[N+]1=Cc2cccn2C1=O.O=C1n2cccc2C=[N+]1c1ccc(C(F)(F)F)cc1. The lowest BCUT2D eigenvalue weighted by molar-refractivity contribution is -0.383. The molecule has 2 aliphatic rings. The van der Waals surface area contributed by atoms with E-state index in [0.717, 1.165) is 17.8 Å². The quantitative estimate of drug-likeness (QED) is 0.584. The summed E-state index contributed by atoms with van der Waals surface area (Å²) in [4.78, 5) is 23.1. The Morgan fingerprint density at radius 3 is 1.86 bits per heavy atom. The Hall–Kier alpha value is -3.75. The maximum Gasteiger partial charge on any atom is 0.508 e. The molecule has 0 spiro atoms. The largest absolute Gasteiger partial charge is 0.508 e. The van der Waals surface area contributed by atoms with Crippen LogP contribution in [0, 0.1) is 0 Å². The van der Waals surface area contributed by atoms with Gasteiger partial charge in [0, 0.05) is 0 Å². The fourth-order valence-electron chi connectivity index (χ4n) is 3.07. The molecule has 0 N–H and O–H groups in total. The van der Waals surface area contributed by atoms with Gasteiger partial charge in [0.2, 0.25) is 0 Å². The Kier molecular flexibility index (Phi) is 4.30. The molecule has 0 bridgehead atoms. The third-order valence-corrected chi connectivity index (χ3v) is 4.54. The molecule has 0 unspecified atom stereocenters. The monoisotopic (exact) mass is 400 g/mol. The van der Waals surface area contributed by atoms with Crippen LogP contribution in [0.5, 0.6) is 0 Å². The van der Waals surface area contributed by atoms with Crippen molar-refractivity contribution in [1.82, 2.24) is 9.13 Å². The minimum atomic E-state index is -4.37. The number of hydrogen-bond donors (Lipinski definition) is 0. The fourth-order valence-corrected chi connectivity index (χ4v) is 3.07. The minimum absolute atomic E-state index is 0.0139. The summed E-state index contributed by atoms with van der Waals surface area (Å²) in [7, 11) is 1.75. The van der Waals surface area contributed by atoms with E-state index in [-0.39, 0.29) is 12.1 Å². The number of rotatable bonds is 1. The van der Waals surface area contributed by atoms with Gasteiger partial charge in [0.15, 0.2) is 11.4 Å². The fraction of sp³-hybridized carbons (Fsp3) is 0.100. The van der Waals surface area contributed by atoms with E-state index in [1.165, 1.54) is 21.3 Å². The van der Waals surface area contributed by atoms with Crippen LogP contribution in [0.3, 0.4) is 0 Å². The molecular weight excluding hydrogens is 385 g/mol. The van der Waals surface area contributed by atoms with Crippen LogP contribution in [0.2, 0.25) is 0 Å². The second-order valence-electron chi connectivity index (χ2n) is 6.45. The van der Waals surface area contributed by atoms with Gasteiger partial charge in [-0.25, -0.2) is 0 Å². The van der Waals surface area contributed by atoms with Crippen LogP contribution in [0.4, 0.5) is 28.4 Å². The van der Waals surface area contributed by atoms with Crippen molar-refractivity contribution in [2.75, 3.05) is 7.05 Å². The number of hydrogen-bond acceptors (Lipinski definition) is 2. The summed E-state index contributed by atoms with van der Waals surface area (Å²) >= 11 is 0. The zero-order chi connectivity index (χ0) is 20.8. The highest BCUT2D eigenvalue weighted by atomic mass is 19.4. The lowest BCUT2D eigenvalue weighted by Gasteiger charge is -2.06. The molecule has 0 saturated heterocycles. The van der Waals surface area contributed by atoms with Gasteiger partial charge in [-0.3, -0.25) is 0 Å². The zero-order valence-corrected chi connectivity index (χ0v) is 15.2. The van der Waals surface area contributed by atoms with Gasteiger partial charge in [-0.05, 0) is 48.5 Å². The van der Waals surface area contributed by atoms with Crippen molar-refractivity contribution in [3.8, 4) is 0 Å². The van der Waals surface area contributed by atoms with Crippen molar-refractivity contribution in [3.63, 3.8) is 0 Å². The predicted molar refractivity (Wildman–Crippen MR) is 98.3 cm³/mol. The van der Waals surface area contributed by atoms with Crippen molar-refractivity contribution in [2.45, 2.75) is 6.18 Å². The molecule has 0 saturated carbocycles. The van der Waals surface area contributed by atoms with Crippen LogP contribution >= 0.6 is 0 Å². The number of halogens is 3. The number of carbonyl (C=O) groups excluding carboxylic acids is 2. The second kappa shape index (κ2) is 6.69. The second-order valence-corrected chi connectivity index (χ2v) is 6.45. The molecule has 29 heavy (non-hydrogen) atoms. The van der Waals surface area contributed by atoms with Gasteiger partial charge in [0.1, 0.15) is 30.5 Å². The minimum Gasteiger partial charge on any atom is -0.196 e. The Labute approximate surface area is 163 Å². The molecule has 2 amide bonds. The normalized spacial score (nSPS) is 14.8. The summed E-state index contributed by atoms with van der Waals surface area (Å²) in [5.74, 6) is 0. The number of nitrogens with zero attached hydrogens (tertiary/aromatic N) is 4. The summed E-state index contributed by atoms with van der Waals surface area (Å²) in [5, 5.41) is 0. The topological polar surface area (TPSA) is 50.0 Å². The molecule has 4 heterocycles. The number of amides is 2. The number of aromatic nitrogens is 2. The summed E-state index contributed by atoms with van der Waals surface area (Å²) in [6, 6.07) is 11.4. The molecule has 5 rings (SSSR count). The molecule has 0 radical (unpaired) electrons. The highest BCUT2D eigenvalue weighted by Crippen LogP contribution is 2.30. The average Bonchev–Trinajstić information content (AvgIpc) is 3.42. The third-order valence-electron chi connectivity index (χ3n) is 4.54. The van der Waals surface area contributed by atoms with Crippen LogP contribution in [0.15, 0.2) is 60.9 Å². The van der Waals surface area contributed by atoms with Crippen LogP contribution in [-0.2, 0) is 6.18 Å². The molecule has 0 fully saturated rings. The first kappa shape index (κ1) is 18.6. The van der Waals surface area contributed by atoms with Gasteiger partial charge in [-0.15, -0.1) is 0 Å². The van der Waals surface area contributed by atoms with Gasteiger partial charge < -0.3 is 0 Å². The lowest BCUT2D eigenvalue weighted by atomic mass is 10.2. The van der Waals surface area contributed by atoms with Crippen molar-refractivity contribution in [2.24, 2.45) is 0 Å². The Bertz CT molecular complexity index is 1180. The first-order valence-electron chi connectivity index (χ1n) is 8.58. The maximum atomic E-state index is 12.4. The van der Waals surface area contributed by atoms with Crippen molar-refractivity contribution < 1.29 is 31.9 Å². The standard InChI is InChI=1S/C13H8F3N2O.C7H7N2O/c14-13(15,16)9-3-5-10(6-4-9)18-8-11-2-1-7-17(11)12(18)19;1-8-5-6-3-2-4-9(6)7(8)10/h1-8H;2-5H,1H3/q2*+1. The summed E-state index contributed by atoms with van der Waals surface area (Å²) < 4.78 is 43.3. The summed E-state index contributed by atoms with van der Waals surface area (Å²) in [6.07, 6.45) is 2.39. The lowest BCUT2D eigenvalue weighted by Crippen LogP contribution is -2.15. The van der Waals surface area contributed by atoms with Gasteiger partial charge >= 0.3 is 18.2 Å². The van der Waals surface area contributed by atoms with Crippen molar-refractivity contribution >= 4 is 30.2 Å². The van der Waals surface area contributed by atoms with Gasteiger partial charge in [0.05, 0.1) is 12.6 Å². The van der Waals surface area contributed by atoms with E-state index in [1.807, 2.05) is 18.3 Å². The molecule has 3 aromatic rings. The molecule has 0 aliphatic carbocycles. The van der Waals surface area contributed by atoms with Crippen LogP contribution in [0.25, 0.3) is 0 Å². The zero-order valence-electron chi connectivity index (χ0n) is 15.2. The Morgan fingerprint density at radius 2 is 1.34 bits per heavy atom. The van der Waals surface area contributed by atoms with Crippen LogP contribution in [0.1, 0.15) is 17.0 Å². The maximum absolute atomic E-state index is 12.4. The third kappa shape index (κ3) is 3.31. The molecule has 9 heteroatoms. The van der Waals surface area contributed by atoms with E-state index in [0.29, 0.717) is 11.4 Å². The number of alkyl halides is 3. The van der Waals surface area contributed by atoms with E-state index in [4.69, 9.17) is 0 Å². The summed E-state index contributed by atoms with van der Waals surface area (Å²) in [5.41, 5.74) is 1.32. The van der Waals surface area contributed by atoms with Crippen LogP contribution in [-0.4, -0.2) is 49.8 Å². The molecule has 6 nitrogen and oxygen atoms in total. The summed E-state index contributed by atoms with van der Waals surface area (Å²) in [6.45, 7) is 0. The Balaban J connectivity index is 0.000000171. The van der Waals surface area contributed by atoms with Crippen molar-refractivity contribution in [1.29, 1.82) is 0 Å². The molecular formula is C20H15F3N4O2+2. The molecule has 1 aromatic carbocycles.